The maximum absolute atomic E-state index is 12.7. The van der Waals surface area contributed by atoms with Crippen LogP contribution in [0.5, 0.6) is 17.2 Å². The number of benzene rings is 2. The second-order valence-electron chi connectivity index (χ2n) is 6.17. The first-order valence-corrected chi connectivity index (χ1v) is 9.49. The van der Waals surface area contributed by atoms with Crippen molar-refractivity contribution in [1.82, 2.24) is 10.6 Å². The van der Waals surface area contributed by atoms with E-state index in [1.807, 2.05) is 24.3 Å². The molecule has 0 aliphatic carbocycles. The number of hydrogen-bond acceptors (Lipinski definition) is 6. The van der Waals surface area contributed by atoms with Crippen LogP contribution in [0.1, 0.15) is 28.4 Å². The predicted octanol–water partition coefficient (Wildman–Crippen LogP) is 2.82. The molecular formula is C20H20BrN3O5. The maximum atomic E-state index is 12.7. The van der Waals surface area contributed by atoms with Gasteiger partial charge in [-0.3, -0.25) is 20.2 Å². The van der Waals surface area contributed by atoms with E-state index in [1.165, 1.54) is 33.5 Å². The molecule has 3 rings (SSSR count). The first kappa shape index (κ1) is 20.7. The first-order valence-electron chi connectivity index (χ1n) is 8.69. The molecule has 2 N–H and O–H groups in total. The highest BCUT2D eigenvalue weighted by atomic mass is 79.9. The van der Waals surface area contributed by atoms with Crippen LogP contribution in [0.2, 0.25) is 0 Å². The molecule has 0 aromatic heterocycles. The number of carbonyl (C=O) groups excluding carboxylic acids is 2. The maximum Gasteiger partial charge on any atom is 0.258 e. The van der Waals surface area contributed by atoms with Crippen LogP contribution >= 0.6 is 15.9 Å². The standard InChI is InChI=1S/C20H20BrN3O5/c1-27-15-8-12(9-16(28-2)18(15)29-3)19(26)24-20-22-14(10-17(25)23-20)11-4-6-13(21)7-5-11/h4-9,14H,10H2,1-3H3,(H2,22,23,24,25,26)/t14-/m0/s1. The zero-order valence-corrected chi connectivity index (χ0v) is 17.7. The smallest absolute Gasteiger partial charge is 0.258 e. The number of ether oxygens (including phenoxy) is 3. The van der Waals surface area contributed by atoms with Gasteiger partial charge in [-0.2, -0.15) is 0 Å². The number of guanidine groups is 1. The monoisotopic (exact) mass is 461 g/mol. The topological polar surface area (TPSA) is 98.2 Å². The summed E-state index contributed by atoms with van der Waals surface area (Å²) in [6, 6.07) is 10.2. The van der Waals surface area contributed by atoms with E-state index in [-0.39, 0.29) is 29.9 Å². The molecule has 0 spiro atoms. The Labute approximate surface area is 176 Å². The minimum absolute atomic E-state index is 0.0907. The normalized spacial score (nSPS) is 15.8. The van der Waals surface area contributed by atoms with Gasteiger partial charge < -0.3 is 14.2 Å². The summed E-state index contributed by atoms with van der Waals surface area (Å²) in [4.78, 5) is 29.3. The van der Waals surface area contributed by atoms with Crippen LogP contribution in [-0.2, 0) is 4.79 Å². The molecule has 1 aliphatic rings. The quantitative estimate of drug-likeness (QED) is 0.713. The molecular weight excluding hydrogens is 442 g/mol. The van der Waals surface area contributed by atoms with Crippen molar-refractivity contribution in [2.45, 2.75) is 12.5 Å². The van der Waals surface area contributed by atoms with Crippen molar-refractivity contribution in [3.63, 3.8) is 0 Å². The molecule has 152 valence electrons. The van der Waals surface area contributed by atoms with Crippen LogP contribution in [0.4, 0.5) is 0 Å². The third kappa shape index (κ3) is 4.68. The number of rotatable bonds is 5. The Balaban J connectivity index is 1.85. The van der Waals surface area contributed by atoms with Crippen molar-refractivity contribution < 1.29 is 23.8 Å². The van der Waals surface area contributed by atoms with Crippen molar-refractivity contribution in [2.75, 3.05) is 21.3 Å². The summed E-state index contributed by atoms with van der Waals surface area (Å²) in [6.45, 7) is 0. The summed E-state index contributed by atoms with van der Waals surface area (Å²) in [5.41, 5.74) is 1.14. The van der Waals surface area contributed by atoms with Gasteiger partial charge in [0.25, 0.3) is 5.91 Å². The van der Waals surface area contributed by atoms with Gasteiger partial charge in [0, 0.05) is 10.0 Å². The number of aliphatic imine (C=N–C) groups is 1. The van der Waals surface area contributed by atoms with Gasteiger partial charge in [-0.05, 0) is 29.8 Å². The molecule has 8 nitrogen and oxygen atoms in total. The molecule has 1 atom stereocenters. The Hall–Kier alpha value is -3.07. The van der Waals surface area contributed by atoms with Gasteiger partial charge in [-0.25, -0.2) is 4.99 Å². The average molecular weight is 462 g/mol. The Kier molecular flexibility index (Phi) is 6.38. The van der Waals surface area contributed by atoms with E-state index in [1.54, 1.807) is 0 Å². The average Bonchev–Trinajstić information content (AvgIpc) is 2.72. The highest BCUT2D eigenvalue weighted by Gasteiger charge is 2.24. The van der Waals surface area contributed by atoms with Crippen LogP contribution < -0.4 is 24.8 Å². The van der Waals surface area contributed by atoms with Gasteiger partial charge in [-0.1, -0.05) is 28.1 Å². The van der Waals surface area contributed by atoms with E-state index in [0.29, 0.717) is 17.2 Å². The molecule has 1 heterocycles. The van der Waals surface area contributed by atoms with Gasteiger partial charge >= 0.3 is 0 Å². The lowest BCUT2D eigenvalue weighted by Gasteiger charge is -2.21. The lowest BCUT2D eigenvalue weighted by Crippen LogP contribution is -2.47. The Morgan fingerprint density at radius 2 is 1.72 bits per heavy atom. The van der Waals surface area contributed by atoms with E-state index >= 15 is 0 Å². The molecule has 0 saturated carbocycles. The Morgan fingerprint density at radius 1 is 1.10 bits per heavy atom. The molecule has 0 bridgehead atoms. The van der Waals surface area contributed by atoms with Crippen molar-refractivity contribution in [2.24, 2.45) is 4.99 Å². The van der Waals surface area contributed by atoms with Crippen LogP contribution in [0.15, 0.2) is 45.9 Å². The fourth-order valence-electron chi connectivity index (χ4n) is 2.93. The zero-order chi connectivity index (χ0) is 21.0. The van der Waals surface area contributed by atoms with Crippen molar-refractivity contribution >= 4 is 33.7 Å². The number of nitrogens with one attached hydrogen (secondary N) is 2. The van der Waals surface area contributed by atoms with E-state index in [2.05, 4.69) is 31.6 Å². The van der Waals surface area contributed by atoms with Crippen LogP contribution in [-0.4, -0.2) is 39.1 Å². The van der Waals surface area contributed by atoms with E-state index in [9.17, 15) is 9.59 Å². The first-order chi connectivity index (χ1) is 13.9. The van der Waals surface area contributed by atoms with Crippen LogP contribution in [0, 0.1) is 0 Å². The lowest BCUT2D eigenvalue weighted by molar-refractivity contribution is -0.120. The second-order valence-corrected chi connectivity index (χ2v) is 7.08. The van der Waals surface area contributed by atoms with Gasteiger partial charge in [-0.15, -0.1) is 0 Å². The molecule has 2 aromatic rings. The fourth-order valence-corrected chi connectivity index (χ4v) is 3.19. The van der Waals surface area contributed by atoms with Crippen molar-refractivity contribution in [1.29, 1.82) is 0 Å². The third-order valence-electron chi connectivity index (χ3n) is 4.34. The Bertz CT molecular complexity index is 934. The molecule has 1 aliphatic heterocycles. The highest BCUT2D eigenvalue weighted by Crippen LogP contribution is 2.38. The number of hydrogen-bond donors (Lipinski definition) is 2. The molecule has 0 unspecified atom stereocenters. The third-order valence-corrected chi connectivity index (χ3v) is 4.86. The lowest BCUT2D eigenvalue weighted by atomic mass is 10.0. The number of amides is 2. The van der Waals surface area contributed by atoms with E-state index < -0.39 is 5.91 Å². The van der Waals surface area contributed by atoms with Crippen LogP contribution in [0.25, 0.3) is 0 Å². The Morgan fingerprint density at radius 3 is 2.28 bits per heavy atom. The van der Waals surface area contributed by atoms with E-state index in [0.717, 1.165) is 10.0 Å². The van der Waals surface area contributed by atoms with Crippen molar-refractivity contribution in [3.05, 3.63) is 52.0 Å². The summed E-state index contributed by atoms with van der Waals surface area (Å²) in [7, 11) is 4.41. The molecule has 2 aromatic carbocycles. The number of methoxy groups -OCH3 is 3. The van der Waals surface area contributed by atoms with Gasteiger partial charge in [0.1, 0.15) is 0 Å². The minimum atomic E-state index is -0.472. The molecule has 0 saturated heterocycles. The number of carbonyl (C=O) groups is 2. The van der Waals surface area contributed by atoms with E-state index in [4.69, 9.17) is 14.2 Å². The predicted molar refractivity (Wildman–Crippen MR) is 111 cm³/mol. The summed E-state index contributed by atoms with van der Waals surface area (Å²) in [6.07, 6.45) is 0.200. The van der Waals surface area contributed by atoms with Gasteiger partial charge in [0.2, 0.25) is 17.6 Å². The summed E-state index contributed by atoms with van der Waals surface area (Å²) in [5, 5.41) is 5.23. The molecule has 2 amide bonds. The molecule has 29 heavy (non-hydrogen) atoms. The van der Waals surface area contributed by atoms with Crippen LogP contribution in [0.3, 0.4) is 0 Å². The second kappa shape index (κ2) is 8.95. The molecule has 9 heteroatoms. The number of halogens is 1. The van der Waals surface area contributed by atoms with Crippen molar-refractivity contribution in [3.8, 4) is 17.2 Å². The van der Waals surface area contributed by atoms with Gasteiger partial charge in [0.05, 0.1) is 33.8 Å². The molecule has 0 radical (unpaired) electrons. The minimum Gasteiger partial charge on any atom is -0.493 e. The summed E-state index contributed by atoms with van der Waals surface area (Å²) in [5.74, 6) is 0.463. The SMILES string of the molecule is COc1cc(C(=O)NC2=N[C@H](c3ccc(Br)cc3)CC(=O)N2)cc(OC)c1OC. The summed E-state index contributed by atoms with van der Waals surface area (Å²) < 4.78 is 16.7. The summed E-state index contributed by atoms with van der Waals surface area (Å²) >= 11 is 3.38. The fraction of sp³-hybridized carbons (Fsp3) is 0.250. The molecule has 0 fully saturated rings. The zero-order valence-electron chi connectivity index (χ0n) is 16.1. The highest BCUT2D eigenvalue weighted by molar-refractivity contribution is 9.10. The largest absolute Gasteiger partial charge is 0.493 e. The number of nitrogens with zero attached hydrogens (tertiary/aromatic N) is 1. The van der Waals surface area contributed by atoms with Gasteiger partial charge in [0.15, 0.2) is 11.5 Å².